The zero-order chi connectivity index (χ0) is 46.8. The Labute approximate surface area is 411 Å². The van der Waals surface area contributed by atoms with E-state index in [4.69, 9.17) is 0 Å². The molecule has 3 heteroatoms. The Morgan fingerprint density at radius 3 is 1.25 bits per heavy atom. The van der Waals surface area contributed by atoms with E-state index in [0.717, 1.165) is 11.4 Å². The Balaban J connectivity index is 0.976. The van der Waals surface area contributed by atoms with Crippen molar-refractivity contribution in [3.63, 3.8) is 0 Å². The molecule has 71 heavy (non-hydrogen) atoms. The number of aryl methyl sites for hydroxylation is 1. The normalized spacial score (nSPS) is 13.0. The molecule has 0 aliphatic heterocycles. The van der Waals surface area contributed by atoms with Crippen molar-refractivity contribution in [2.24, 2.45) is 7.05 Å². The van der Waals surface area contributed by atoms with E-state index < -0.39 is 5.41 Å². The summed E-state index contributed by atoms with van der Waals surface area (Å²) in [5, 5.41) is 7.50. The third-order valence-corrected chi connectivity index (χ3v) is 15.7. The van der Waals surface area contributed by atoms with Crippen LogP contribution in [0.25, 0.3) is 110 Å². The highest BCUT2D eigenvalue weighted by Gasteiger charge is 2.47. The van der Waals surface area contributed by atoms with Gasteiger partial charge in [0.1, 0.15) is 0 Å². The van der Waals surface area contributed by atoms with Crippen LogP contribution in [0.3, 0.4) is 0 Å². The Morgan fingerprint density at radius 2 is 0.690 bits per heavy atom. The van der Waals surface area contributed by atoms with Gasteiger partial charge in [-0.05, 0) is 116 Å². The van der Waals surface area contributed by atoms with Gasteiger partial charge in [-0.1, -0.05) is 194 Å². The number of benzene rings is 11. The Morgan fingerprint density at radius 1 is 0.268 bits per heavy atom. The molecule has 3 aromatic heterocycles. The van der Waals surface area contributed by atoms with Gasteiger partial charge in [-0.2, -0.15) is 0 Å². The first-order valence-corrected chi connectivity index (χ1v) is 24.6. The van der Waals surface area contributed by atoms with E-state index in [0.29, 0.717) is 0 Å². The number of rotatable bonds is 6. The summed E-state index contributed by atoms with van der Waals surface area (Å²) >= 11 is 0. The highest BCUT2D eigenvalue weighted by atomic mass is 15.0. The SMILES string of the molecule is Cn1c2cc(-n3c4ccccc4c4ccc(-c5ccccc5)cc43)ccc2c2cc3c(cc21)-c1ccc(-n2c4ccccc4c4ccc(-c5ccccc5)cc42)cc1C3(c1ccccc1)c1ccccc1. The highest BCUT2D eigenvalue weighted by molar-refractivity contribution is 6.14. The van der Waals surface area contributed by atoms with Crippen molar-refractivity contribution < 1.29 is 0 Å². The topological polar surface area (TPSA) is 14.8 Å². The molecule has 3 nitrogen and oxygen atoms in total. The molecular formula is C68H45N3. The Hall–Kier alpha value is -9.18. The fraction of sp³-hybridized carbons (Fsp3) is 0.0294. The first-order chi connectivity index (χ1) is 35.1. The number of hydrogen-bond donors (Lipinski definition) is 0. The molecule has 0 unspecified atom stereocenters. The zero-order valence-corrected chi connectivity index (χ0v) is 39.1. The summed E-state index contributed by atoms with van der Waals surface area (Å²) in [6.07, 6.45) is 0. The molecule has 0 radical (unpaired) electrons. The van der Waals surface area contributed by atoms with Gasteiger partial charge in [0.05, 0.1) is 33.0 Å². The van der Waals surface area contributed by atoms with E-state index in [2.05, 4.69) is 276 Å². The number of nitrogens with zero attached hydrogens (tertiary/aromatic N) is 3. The minimum Gasteiger partial charge on any atom is -0.344 e. The van der Waals surface area contributed by atoms with Crippen molar-refractivity contribution in [2.75, 3.05) is 0 Å². The minimum absolute atomic E-state index is 0.604. The second kappa shape index (κ2) is 15.2. The van der Waals surface area contributed by atoms with Crippen LogP contribution in [-0.2, 0) is 12.5 Å². The molecular weight excluding hydrogens is 859 g/mol. The first-order valence-electron chi connectivity index (χ1n) is 24.6. The second-order valence-corrected chi connectivity index (χ2v) is 19.3. The van der Waals surface area contributed by atoms with Gasteiger partial charge < -0.3 is 13.7 Å². The molecule has 0 spiro atoms. The fourth-order valence-electron chi connectivity index (χ4n) is 12.6. The van der Waals surface area contributed by atoms with Crippen LogP contribution < -0.4 is 0 Å². The molecule has 14 aromatic rings. The van der Waals surface area contributed by atoms with Crippen LogP contribution in [0, 0.1) is 0 Å². The molecule has 1 aliphatic carbocycles. The van der Waals surface area contributed by atoms with Gasteiger partial charge in [-0.15, -0.1) is 0 Å². The summed E-state index contributed by atoms with van der Waals surface area (Å²) in [4.78, 5) is 0. The third-order valence-electron chi connectivity index (χ3n) is 15.7. The smallest absolute Gasteiger partial charge is 0.0714 e. The average Bonchev–Trinajstić information content (AvgIpc) is 4.13. The second-order valence-electron chi connectivity index (χ2n) is 19.3. The minimum atomic E-state index is -0.604. The van der Waals surface area contributed by atoms with Crippen molar-refractivity contribution in [1.29, 1.82) is 0 Å². The van der Waals surface area contributed by atoms with Crippen molar-refractivity contribution >= 4 is 65.4 Å². The summed E-state index contributed by atoms with van der Waals surface area (Å²) in [6, 6.07) is 94.8. The predicted octanol–water partition coefficient (Wildman–Crippen LogP) is 17.2. The van der Waals surface area contributed by atoms with E-state index in [-0.39, 0.29) is 0 Å². The first kappa shape index (κ1) is 39.8. The lowest BCUT2D eigenvalue weighted by molar-refractivity contribution is 0.768. The molecule has 0 atom stereocenters. The van der Waals surface area contributed by atoms with E-state index >= 15 is 0 Å². The molecule has 0 N–H and O–H groups in total. The molecule has 15 rings (SSSR count). The summed E-state index contributed by atoms with van der Waals surface area (Å²) in [7, 11) is 2.24. The molecule has 1 aliphatic rings. The van der Waals surface area contributed by atoms with Gasteiger partial charge >= 0.3 is 0 Å². The van der Waals surface area contributed by atoms with Crippen molar-refractivity contribution in [2.45, 2.75) is 5.41 Å². The highest BCUT2D eigenvalue weighted by Crippen LogP contribution is 2.58. The lowest BCUT2D eigenvalue weighted by Gasteiger charge is -2.34. The van der Waals surface area contributed by atoms with Crippen LogP contribution in [-0.4, -0.2) is 13.7 Å². The number of para-hydroxylation sites is 2. The fourth-order valence-corrected chi connectivity index (χ4v) is 12.6. The molecule has 0 bridgehead atoms. The van der Waals surface area contributed by atoms with Gasteiger partial charge in [-0.3, -0.25) is 0 Å². The maximum atomic E-state index is 2.53. The molecule has 332 valence electrons. The molecule has 0 fully saturated rings. The largest absolute Gasteiger partial charge is 0.344 e. The molecule has 0 saturated heterocycles. The Kier molecular flexibility index (Phi) is 8.49. The van der Waals surface area contributed by atoms with Gasteiger partial charge in [0.15, 0.2) is 0 Å². The van der Waals surface area contributed by atoms with Crippen molar-refractivity contribution in [3.8, 4) is 44.8 Å². The van der Waals surface area contributed by atoms with Gasteiger partial charge in [0.25, 0.3) is 0 Å². The lowest BCUT2D eigenvalue weighted by atomic mass is 9.67. The summed E-state index contributed by atoms with van der Waals surface area (Å²) in [5.41, 5.74) is 21.4. The summed E-state index contributed by atoms with van der Waals surface area (Å²) in [6.45, 7) is 0. The summed E-state index contributed by atoms with van der Waals surface area (Å²) in [5.74, 6) is 0. The van der Waals surface area contributed by atoms with Crippen LogP contribution in [0.15, 0.2) is 255 Å². The molecule has 0 amide bonds. The van der Waals surface area contributed by atoms with Gasteiger partial charge in [-0.25, -0.2) is 0 Å². The number of aromatic nitrogens is 3. The van der Waals surface area contributed by atoms with Gasteiger partial charge in [0.2, 0.25) is 0 Å². The zero-order valence-electron chi connectivity index (χ0n) is 39.1. The van der Waals surface area contributed by atoms with Crippen LogP contribution >= 0.6 is 0 Å². The predicted molar refractivity (Wildman–Crippen MR) is 297 cm³/mol. The van der Waals surface area contributed by atoms with Gasteiger partial charge in [0, 0.05) is 56.3 Å². The number of hydrogen-bond acceptors (Lipinski definition) is 0. The number of fused-ring (bicyclic) bond motifs is 12. The van der Waals surface area contributed by atoms with Crippen LogP contribution in [0.2, 0.25) is 0 Å². The standard InChI is InChI=1S/C68H45N3/c1-69-64-41-51(71-63-29-17-15-27-54(63)56-35-31-47(39-67(56)71)45-20-8-3-9-21-45)33-37-57(64)59-42-61-58(43-65(59)69)52-36-32-50(40-60(52)68(61,48-22-10-4-11-23-48)49-24-12-5-13-25-49)70-62-28-16-14-26-53(62)55-34-30-46(38-66(55)70)44-18-6-2-7-19-44/h2-43H,1H3. The van der Waals surface area contributed by atoms with E-state index in [1.807, 2.05) is 0 Å². The van der Waals surface area contributed by atoms with Crippen molar-refractivity contribution in [1.82, 2.24) is 13.7 Å². The lowest BCUT2D eigenvalue weighted by Crippen LogP contribution is -2.28. The molecule has 3 heterocycles. The third kappa shape index (κ3) is 5.66. The van der Waals surface area contributed by atoms with E-state index in [1.165, 1.54) is 121 Å². The van der Waals surface area contributed by atoms with E-state index in [1.54, 1.807) is 0 Å². The van der Waals surface area contributed by atoms with Crippen LogP contribution in [0.1, 0.15) is 22.3 Å². The quantitative estimate of drug-likeness (QED) is 0.158. The average molecular weight is 904 g/mol. The van der Waals surface area contributed by atoms with Crippen molar-refractivity contribution in [3.05, 3.63) is 277 Å². The van der Waals surface area contributed by atoms with Crippen LogP contribution in [0.4, 0.5) is 0 Å². The monoisotopic (exact) mass is 903 g/mol. The van der Waals surface area contributed by atoms with E-state index in [9.17, 15) is 0 Å². The molecule has 11 aromatic carbocycles. The summed E-state index contributed by atoms with van der Waals surface area (Å²) < 4.78 is 7.36. The van der Waals surface area contributed by atoms with Crippen LogP contribution in [0.5, 0.6) is 0 Å². The maximum Gasteiger partial charge on any atom is 0.0714 e. The Bertz CT molecular complexity index is 4400. The molecule has 0 saturated carbocycles. The maximum absolute atomic E-state index is 2.53.